The Morgan fingerprint density at radius 2 is 1.72 bits per heavy atom. The number of hydrogen-bond acceptors (Lipinski definition) is 5. The molecule has 25 heavy (non-hydrogen) atoms. The highest BCUT2D eigenvalue weighted by atomic mass is 35.5. The molecule has 0 amide bonds. The fourth-order valence-electron chi connectivity index (χ4n) is 3.98. The highest BCUT2D eigenvalue weighted by Crippen LogP contribution is 2.33. The third kappa shape index (κ3) is 3.32. The van der Waals surface area contributed by atoms with Gasteiger partial charge in [0.15, 0.2) is 0 Å². The van der Waals surface area contributed by atoms with Gasteiger partial charge in [0.2, 0.25) is 0 Å². The van der Waals surface area contributed by atoms with E-state index in [-0.39, 0.29) is 5.15 Å². The zero-order chi connectivity index (χ0) is 18.0. The van der Waals surface area contributed by atoms with E-state index < -0.39 is 0 Å². The molecule has 1 saturated carbocycles. The Hall–Kier alpha value is -1.82. The first-order chi connectivity index (χ1) is 12.1. The molecule has 132 valence electrons. The van der Waals surface area contributed by atoms with E-state index in [9.17, 15) is 10.5 Å². The van der Waals surface area contributed by atoms with Crippen LogP contribution < -0.4 is 4.90 Å². The lowest BCUT2D eigenvalue weighted by molar-refractivity contribution is 0.0952. The zero-order valence-corrected chi connectivity index (χ0v) is 15.7. The quantitative estimate of drug-likeness (QED) is 0.771. The molecule has 0 unspecified atom stereocenters. The molecular weight excluding hydrogens is 334 g/mol. The third-order valence-corrected chi connectivity index (χ3v) is 6.08. The van der Waals surface area contributed by atoms with Gasteiger partial charge in [0.1, 0.15) is 23.1 Å². The van der Waals surface area contributed by atoms with Gasteiger partial charge in [-0.1, -0.05) is 24.9 Å². The molecule has 1 saturated heterocycles. The maximum Gasteiger partial charge on any atom is 0.149 e. The molecule has 2 aliphatic rings. The van der Waals surface area contributed by atoms with Crippen molar-refractivity contribution in [2.24, 2.45) is 0 Å². The summed E-state index contributed by atoms with van der Waals surface area (Å²) in [4.78, 5) is 9.12. The van der Waals surface area contributed by atoms with Crippen LogP contribution in [0.15, 0.2) is 0 Å². The number of nitriles is 2. The van der Waals surface area contributed by atoms with Crippen molar-refractivity contribution in [3.05, 3.63) is 21.8 Å². The van der Waals surface area contributed by atoms with Crippen molar-refractivity contribution in [2.75, 3.05) is 25.0 Å². The van der Waals surface area contributed by atoms with Crippen molar-refractivity contribution in [2.45, 2.75) is 57.5 Å². The van der Waals surface area contributed by atoms with Gasteiger partial charge in [-0.2, -0.15) is 10.5 Å². The van der Waals surface area contributed by atoms with Crippen LogP contribution in [0.3, 0.4) is 0 Å². The van der Waals surface area contributed by atoms with E-state index in [1.165, 1.54) is 19.3 Å². The summed E-state index contributed by atoms with van der Waals surface area (Å²) in [6.07, 6.45) is 6.73. The summed E-state index contributed by atoms with van der Waals surface area (Å²) in [6, 6.07) is 5.71. The van der Waals surface area contributed by atoms with Gasteiger partial charge in [0.25, 0.3) is 0 Å². The van der Waals surface area contributed by atoms with Gasteiger partial charge >= 0.3 is 0 Å². The van der Waals surface area contributed by atoms with Crippen molar-refractivity contribution in [3.8, 4) is 12.1 Å². The first kappa shape index (κ1) is 18.0. The predicted molar refractivity (Wildman–Crippen MR) is 98.7 cm³/mol. The van der Waals surface area contributed by atoms with Crippen LogP contribution in [0, 0.1) is 22.7 Å². The van der Waals surface area contributed by atoms with E-state index in [1.54, 1.807) is 0 Å². The Balaban J connectivity index is 1.80. The molecule has 3 rings (SSSR count). The Morgan fingerprint density at radius 3 is 2.20 bits per heavy atom. The molecule has 1 aliphatic heterocycles. The summed E-state index contributed by atoms with van der Waals surface area (Å²) in [6.45, 7) is 3.68. The molecule has 0 radical (unpaired) electrons. The lowest BCUT2D eigenvalue weighted by Crippen LogP contribution is -2.49. The zero-order valence-electron chi connectivity index (χ0n) is 14.9. The predicted octanol–water partition coefficient (Wildman–Crippen LogP) is 3.49. The average Bonchev–Trinajstić information content (AvgIpc) is 2.59. The number of rotatable bonds is 4. The summed E-state index contributed by atoms with van der Waals surface area (Å²) in [5, 5.41) is 19.2. The van der Waals surface area contributed by atoms with Gasteiger partial charge in [-0.25, -0.2) is 4.98 Å². The van der Waals surface area contributed by atoms with E-state index in [0.29, 0.717) is 35.0 Å². The monoisotopic (exact) mass is 357 g/mol. The van der Waals surface area contributed by atoms with E-state index in [4.69, 9.17) is 11.6 Å². The molecule has 0 aromatic carbocycles. The molecule has 0 spiro atoms. The fourth-order valence-corrected chi connectivity index (χ4v) is 4.22. The topological polar surface area (TPSA) is 67.0 Å². The molecule has 0 N–H and O–H groups in total. The second-order valence-corrected chi connectivity index (χ2v) is 7.36. The van der Waals surface area contributed by atoms with Gasteiger partial charge in [-0.05, 0) is 44.7 Å². The summed E-state index contributed by atoms with van der Waals surface area (Å²) >= 11 is 6.23. The fraction of sp³-hybridized carbons (Fsp3) is 0.632. The molecule has 0 atom stereocenters. The summed E-state index contributed by atoms with van der Waals surface area (Å²) in [5.74, 6) is 0.646. The summed E-state index contributed by atoms with van der Waals surface area (Å²) in [7, 11) is 2.25. The van der Waals surface area contributed by atoms with Gasteiger partial charge < -0.3 is 9.80 Å². The molecule has 2 heterocycles. The first-order valence-electron chi connectivity index (χ1n) is 9.10. The minimum absolute atomic E-state index is 0.210. The second-order valence-electron chi connectivity index (χ2n) is 7.00. The van der Waals surface area contributed by atoms with Crippen molar-refractivity contribution < 1.29 is 0 Å². The minimum atomic E-state index is 0.210. The maximum atomic E-state index is 9.65. The van der Waals surface area contributed by atoms with Crippen LogP contribution >= 0.6 is 11.6 Å². The lowest BCUT2D eigenvalue weighted by atomic mass is 9.89. The SMILES string of the molecule is CCc1c(C#N)c(Cl)nc(N2CCC(N(C)C3CCC3)CC2)c1C#N. The average molecular weight is 358 g/mol. The van der Waals surface area contributed by atoms with Gasteiger partial charge in [-0.3, -0.25) is 0 Å². The van der Waals surface area contributed by atoms with E-state index in [0.717, 1.165) is 32.0 Å². The number of anilines is 1. The third-order valence-electron chi connectivity index (χ3n) is 5.81. The van der Waals surface area contributed by atoms with Gasteiger partial charge in [0, 0.05) is 25.2 Å². The molecule has 6 heteroatoms. The molecule has 1 aliphatic carbocycles. The highest BCUT2D eigenvalue weighted by Gasteiger charge is 2.31. The molecule has 5 nitrogen and oxygen atoms in total. The number of nitrogens with zero attached hydrogens (tertiary/aromatic N) is 5. The minimum Gasteiger partial charge on any atom is -0.355 e. The Labute approximate surface area is 154 Å². The first-order valence-corrected chi connectivity index (χ1v) is 9.47. The Morgan fingerprint density at radius 1 is 1.12 bits per heavy atom. The van der Waals surface area contributed by atoms with Crippen LogP contribution in [0.2, 0.25) is 5.15 Å². The van der Waals surface area contributed by atoms with E-state index >= 15 is 0 Å². The largest absolute Gasteiger partial charge is 0.355 e. The number of aromatic nitrogens is 1. The van der Waals surface area contributed by atoms with Crippen LogP contribution in [0.25, 0.3) is 0 Å². The Kier molecular flexibility index (Phi) is 5.47. The number of halogens is 1. The van der Waals surface area contributed by atoms with Gasteiger partial charge in [0.05, 0.1) is 11.1 Å². The molecule has 0 bridgehead atoms. The number of hydrogen-bond donors (Lipinski definition) is 0. The lowest BCUT2D eigenvalue weighted by Gasteiger charge is -2.44. The standard InChI is InChI=1S/C19H24ClN5/c1-3-15-16(11-21)18(20)23-19(17(15)12-22)25-9-7-14(8-10-25)24(2)13-5-4-6-13/h13-14H,3-10H2,1-2H3. The van der Waals surface area contributed by atoms with Gasteiger partial charge in [-0.15, -0.1) is 0 Å². The van der Waals surface area contributed by atoms with Crippen LogP contribution in [0.4, 0.5) is 5.82 Å². The molecule has 1 aromatic rings. The maximum absolute atomic E-state index is 9.65. The van der Waals surface area contributed by atoms with Crippen molar-refractivity contribution in [1.29, 1.82) is 10.5 Å². The van der Waals surface area contributed by atoms with E-state index in [2.05, 4.69) is 34.0 Å². The Bertz CT molecular complexity index is 721. The normalized spacial score (nSPS) is 18.7. The molecule has 1 aromatic heterocycles. The van der Waals surface area contributed by atoms with Crippen LogP contribution in [0.5, 0.6) is 0 Å². The van der Waals surface area contributed by atoms with Crippen LogP contribution in [0.1, 0.15) is 55.7 Å². The molecular formula is C19H24ClN5. The molecule has 2 fully saturated rings. The van der Waals surface area contributed by atoms with E-state index in [1.807, 2.05) is 6.92 Å². The highest BCUT2D eigenvalue weighted by molar-refractivity contribution is 6.30. The van der Waals surface area contributed by atoms with Crippen molar-refractivity contribution in [3.63, 3.8) is 0 Å². The number of piperidine rings is 1. The summed E-state index contributed by atoms with van der Waals surface area (Å²) < 4.78 is 0. The second kappa shape index (κ2) is 7.60. The van der Waals surface area contributed by atoms with Crippen LogP contribution in [-0.4, -0.2) is 42.1 Å². The summed E-state index contributed by atoms with van der Waals surface area (Å²) in [5.41, 5.74) is 1.56. The number of pyridine rings is 1. The van der Waals surface area contributed by atoms with Crippen LogP contribution in [-0.2, 0) is 6.42 Å². The van der Waals surface area contributed by atoms with Crippen molar-refractivity contribution in [1.82, 2.24) is 9.88 Å². The smallest absolute Gasteiger partial charge is 0.149 e. The van der Waals surface area contributed by atoms with Crippen molar-refractivity contribution >= 4 is 17.4 Å².